The van der Waals surface area contributed by atoms with Crippen LogP contribution in [-0.4, -0.2) is 22.2 Å². The highest BCUT2D eigenvalue weighted by atomic mass is 16.5. The van der Waals surface area contributed by atoms with Crippen LogP contribution < -0.4 is 4.74 Å². The van der Waals surface area contributed by atoms with E-state index in [1.54, 1.807) is 0 Å². The lowest BCUT2D eigenvalue weighted by atomic mass is 9.40. The normalized spacial score (nSPS) is 28.4. The molecule has 4 fully saturated rings. The lowest BCUT2D eigenvalue weighted by molar-refractivity contribution is -0.111. The van der Waals surface area contributed by atoms with Gasteiger partial charge in [-0.3, -0.25) is 0 Å². The van der Waals surface area contributed by atoms with Gasteiger partial charge in [-0.15, -0.1) is 0 Å². The molecule has 0 spiro atoms. The highest BCUT2D eigenvalue weighted by Crippen LogP contribution is 2.69. The Morgan fingerprint density at radius 3 is 2.15 bits per heavy atom. The molecule has 0 amide bonds. The molecule has 0 aromatic heterocycles. The van der Waals surface area contributed by atoms with Crippen molar-refractivity contribution < 1.29 is 24.5 Å². The van der Waals surface area contributed by atoms with Crippen molar-refractivity contribution in [2.75, 3.05) is 0 Å². The van der Waals surface area contributed by atoms with E-state index in [1.807, 2.05) is 24.3 Å². The van der Waals surface area contributed by atoms with Crippen LogP contribution in [-0.2, 0) is 0 Å². The van der Waals surface area contributed by atoms with E-state index in [4.69, 9.17) is 9.84 Å². The summed E-state index contributed by atoms with van der Waals surface area (Å²) in [5.41, 5.74) is 3.12. The van der Waals surface area contributed by atoms with E-state index >= 15 is 0 Å². The number of rotatable bonds is 5. The SMILES string of the molecule is CC12CC3CC(C1)C(c1ccc(Oc4ccc(C#Cc5ccc(C(=O)O)cc5C(=O)O)cc4)cc1)C(C)(C3)C2. The zero-order valence-corrected chi connectivity index (χ0v) is 22.2. The zero-order valence-electron chi connectivity index (χ0n) is 22.2. The van der Waals surface area contributed by atoms with Crippen LogP contribution in [0.5, 0.6) is 11.5 Å². The average Bonchev–Trinajstić information content (AvgIpc) is 2.87. The van der Waals surface area contributed by atoms with Crippen LogP contribution in [0.25, 0.3) is 0 Å². The molecule has 0 saturated heterocycles. The molecule has 5 heteroatoms. The number of carboxylic acid groups (broad SMARTS) is 2. The molecule has 4 bridgehead atoms. The Balaban J connectivity index is 1.14. The van der Waals surface area contributed by atoms with Gasteiger partial charge in [0.1, 0.15) is 11.5 Å². The summed E-state index contributed by atoms with van der Waals surface area (Å²) in [4.78, 5) is 22.7. The molecule has 7 rings (SSSR count). The number of benzene rings is 3. The van der Waals surface area contributed by atoms with Gasteiger partial charge in [0.25, 0.3) is 0 Å². The van der Waals surface area contributed by atoms with Crippen LogP contribution in [0.4, 0.5) is 0 Å². The molecule has 0 radical (unpaired) electrons. The second-order valence-electron chi connectivity index (χ2n) is 12.4. The van der Waals surface area contributed by atoms with Crippen LogP contribution in [0.15, 0.2) is 66.7 Å². The maximum absolute atomic E-state index is 11.6. The quantitative estimate of drug-likeness (QED) is 0.339. The van der Waals surface area contributed by atoms with Crippen molar-refractivity contribution in [1.29, 1.82) is 0 Å². The molecule has 39 heavy (non-hydrogen) atoms. The smallest absolute Gasteiger partial charge is 0.336 e. The Labute approximate surface area is 228 Å². The molecule has 4 aliphatic carbocycles. The molecule has 2 N–H and O–H groups in total. The first-order valence-electron chi connectivity index (χ1n) is 13.6. The Hall–Kier alpha value is -4.04. The third-order valence-electron chi connectivity index (χ3n) is 9.15. The molecule has 198 valence electrons. The lowest BCUT2D eigenvalue weighted by Crippen LogP contribution is -2.53. The predicted molar refractivity (Wildman–Crippen MR) is 148 cm³/mol. The number of hydrogen-bond acceptors (Lipinski definition) is 3. The fourth-order valence-electron chi connectivity index (χ4n) is 8.34. The van der Waals surface area contributed by atoms with Gasteiger partial charge in [-0.1, -0.05) is 37.8 Å². The van der Waals surface area contributed by atoms with E-state index in [0.717, 1.165) is 23.7 Å². The molecular formula is C34H32O5. The predicted octanol–water partition coefficient (Wildman–Crippen LogP) is 7.60. The molecule has 4 aliphatic rings. The van der Waals surface area contributed by atoms with Crippen LogP contribution in [0.3, 0.4) is 0 Å². The van der Waals surface area contributed by atoms with Crippen molar-refractivity contribution in [2.24, 2.45) is 22.7 Å². The second kappa shape index (κ2) is 9.31. The van der Waals surface area contributed by atoms with Crippen LogP contribution >= 0.6 is 0 Å². The third-order valence-corrected chi connectivity index (χ3v) is 9.15. The van der Waals surface area contributed by atoms with Crippen molar-refractivity contribution >= 4 is 11.9 Å². The minimum atomic E-state index is -1.22. The molecule has 3 aromatic carbocycles. The molecule has 5 unspecified atom stereocenters. The molecule has 3 aromatic rings. The van der Waals surface area contributed by atoms with Gasteiger partial charge in [0.15, 0.2) is 0 Å². The number of hydrogen-bond donors (Lipinski definition) is 2. The van der Waals surface area contributed by atoms with Gasteiger partial charge in [0.05, 0.1) is 11.1 Å². The van der Waals surface area contributed by atoms with Gasteiger partial charge in [-0.2, -0.15) is 0 Å². The first-order valence-corrected chi connectivity index (χ1v) is 13.6. The van der Waals surface area contributed by atoms with Gasteiger partial charge in [0.2, 0.25) is 0 Å². The molecule has 4 saturated carbocycles. The van der Waals surface area contributed by atoms with E-state index in [9.17, 15) is 14.7 Å². The van der Waals surface area contributed by atoms with Crippen LogP contribution in [0, 0.1) is 34.5 Å². The monoisotopic (exact) mass is 520 g/mol. The summed E-state index contributed by atoms with van der Waals surface area (Å²) in [5.74, 6) is 7.23. The minimum Gasteiger partial charge on any atom is -0.478 e. The Kier molecular flexibility index (Phi) is 6.03. The number of ether oxygens (including phenoxy) is 1. The zero-order chi connectivity index (χ0) is 27.4. The summed E-state index contributed by atoms with van der Waals surface area (Å²) in [6, 6.07) is 19.9. The molecule has 0 heterocycles. The molecule has 0 aliphatic heterocycles. The van der Waals surface area contributed by atoms with Gasteiger partial charge in [0, 0.05) is 11.1 Å². The Morgan fingerprint density at radius 2 is 1.54 bits per heavy atom. The minimum absolute atomic E-state index is 0.0888. The second-order valence-corrected chi connectivity index (χ2v) is 12.4. The van der Waals surface area contributed by atoms with Crippen molar-refractivity contribution in [3.05, 3.63) is 94.5 Å². The summed E-state index contributed by atoms with van der Waals surface area (Å²) in [6.45, 7) is 5.04. The van der Waals surface area contributed by atoms with E-state index in [1.165, 1.54) is 49.8 Å². The Bertz CT molecular complexity index is 1510. The van der Waals surface area contributed by atoms with E-state index < -0.39 is 11.9 Å². The summed E-state index contributed by atoms with van der Waals surface area (Å²) in [7, 11) is 0. The lowest BCUT2D eigenvalue weighted by Gasteiger charge is -2.64. The van der Waals surface area contributed by atoms with Gasteiger partial charge in [-0.05, 0) is 121 Å². The third kappa shape index (κ3) is 4.81. The molecule has 5 atom stereocenters. The largest absolute Gasteiger partial charge is 0.478 e. The van der Waals surface area contributed by atoms with Gasteiger partial charge >= 0.3 is 11.9 Å². The topological polar surface area (TPSA) is 83.8 Å². The van der Waals surface area contributed by atoms with Crippen LogP contribution in [0.2, 0.25) is 0 Å². The summed E-state index contributed by atoms with van der Waals surface area (Å²) in [5, 5.41) is 18.6. The summed E-state index contributed by atoms with van der Waals surface area (Å²) < 4.78 is 6.10. The molecule has 5 nitrogen and oxygen atoms in total. The maximum Gasteiger partial charge on any atom is 0.336 e. The van der Waals surface area contributed by atoms with Crippen LogP contribution in [0.1, 0.15) is 89.3 Å². The summed E-state index contributed by atoms with van der Waals surface area (Å²) in [6.07, 6.45) is 6.88. The standard InChI is InChI=1S/C34H32O5/c1-33-17-22-15-26(19-33)30(34(2,18-22)20-33)24-9-13-28(14-10-24)39-27-11-4-21(5-12-27)3-6-23-7-8-25(31(35)36)16-29(23)32(37)38/h4-5,7-14,16,22,26,30H,15,17-20H2,1-2H3,(H,35,36)(H,37,38). The van der Waals surface area contributed by atoms with Crippen molar-refractivity contribution in [3.8, 4) is 23.3 Å². The number of carbonyl (C=O) groups is 2. The summed E-state index contributed by atoms with van der Waals surface area (Å²) >= 11 is 0. The number of aromatic carboxylic acids is 2. The Morgan fingerprint density at radius 1 is 0.846 bits per heavy atom. The van der Waals surface area contributed by atoms with E-state index in [-0.39, 0.29) is 16.7 Å². The highest BCUT2D eigenvalue weighted by molar-refractivity contribution is 5.95. The van der Waals surface area contributed by atoms with Gasteiger partial charge < -0.3 is 14.9 Å². The van der Waals surface area contributed by atoms with Crippen molar-refractivity contribution in [3.63, 3.8) is 0 Å². The van der Waals surface area contributed by atoms with E-state index in [2.05, 4.69) is 50.0 Å². The number of carboxylic acids is 2. The first-order chi connectivity index (χ1) is 18.6. The van der Waals surface area contributed by atoms with E-state index in [0.29, 0.717) is 28.1 Å². The maximum atomic E-state index is 11.6. The highest BCUT2D eigenvalue weighted by Gasteiger charge is 2.58. The van der Waals surface area contributed by atoms with Crippen molar-refractivity contribution in [1.82, 2.24) is 0 Å². The first kappa shape index (κ1) is 25.2. The fraction of sp³-hybridized carbons (Fsp3) is 0.353. The van der Waals surface area contributed by atoms with Gasteiger partial charge in [-0.25, -0.2) is 9.59 Å². The van der Waals surface area contributed by atoms with Crippen molar-refractivity contribution in [2.45, 2.75) is 51.9 Å². The fourth-order valence-corrected chi connectivity index (χ4v) is 8.34. The average molecular weight is 521 g/mol. The molecular weight excluding hydrogens is 488 g/mol.